The van der Waals surface area contributed by atoms with E-state index in [2.05, 4.69) is 10.3 Å². The normalized spacial score (nSPS) is 10.8. The molecule has 106 valence electrons. The van der Waals surface area contributed by atoms with E-state index >= 15 is 0 Å². The topological polar surface area (TPSA) is 46.9 Å². The predicted octanol–water partition coefficient (Wildman–Crippen LogP) is 2.64. The summed E-state index contributed by atoms with van der Waals surface area (Å²) >= 11 is 0. The zero-order valence-corrected chi connectivity index (χ0v) is 11.5. The van der Waals surface area contributed by atoms with Crippen molar-refractivity contribution in [2.75, 3.05) is 0 Å². The van der Waals surface area contributed by atoms with Crippen molar-refractivity contribution in [2.24, 2.45) is 7.05 Å². The number of nitrogens with one attached hydrogen (secondary N) is 1. The molecular formula is C16H14FN3O. The van der Waals surface area contributed by atoms with E-state index in [0.717, 1.165) is 5.82 Å². The molecule has 3 aromatic rings. The van der Waals surface area contributed by atoms with Gasteiger partial charge in [0.15, 0.2) is 0 Å². The van der Waals surface area contributed by atoms with Crippen LogP contribution in [0.25, 0.3) is 10.8 Å². The summed E-state index contributed by atoms with van der Waals surface area (Å²) in [5.74, 6) is 0.190. The van der Waals surface area contributed by atoms with Crippen LogP contribution in [-0.4, -0.2) is 15.5 Å². The summed E-state index contributed by atoms with van der Waals surface area (Å²) in [7, 11) is 1.86. The molecule has 1 N–H and O–H groups in total. The average Bonchev–Trinajstić information content (AvgIpc) is 2.91. The van der Waals surface area contributed by atoms with Gasteiger partial charge in [0.2, 0.25) is 0 Å². The fraction of sp³-hybridized carbons (Fsp3) is 0.125. The van der Waals surface area contributed by atoms with Gasteiger partial charge in [0.1, 0.15) is 11.6 Å². The van der Waals surface area contributed by atoms with Crippen LogP contribution in [0, 0.1) is 5.82 Å². The fourth-order valence-corrected chi connectivity index (χ4v) is 2.28. The summed E-state index contributed by atoms with van der Waals surface area (Å²) in [6, 6.07) is 9.77. The second kappa shape index (κ2) is 5.36. The maximum absolute atomic E-state index is 13.7. The number of halogens is 1. The molecule has 0 saturated carbocycles. The van der Waals surface area contributed by atoms with Crippen molar-refractivity contribution < 1.29 is 9.18 Å². The van der Waals surface area contributed by atoms with Crippen molar-refractivity contribution in [1.29, 1.82) is 0 Å². The highest BCUT2D eigenvalue weighted by atomic mass is 19.1. The smallest absolute Gasteiger partial charge is 0.252 e. The lowest BCUT2D eigenvalue weighted by Gasteiger charge is -2.08. The summed E-state index contributed by atoms with van der Waals surface area (Å²) in [5.41, 5.74) is 0.459. The number of rotatable bonds is 3. The first-order valence-corrected chi connectivity index (χ1v) is 6.58. The van der Waals surface area contributed by atoms with E-state index in [4.69, 9.17) is 0 Å². The molecule has 0 aliphatic rings. The molecule has 0 unspecified atom stereocenters. The fourth-order valence-electron chi connectivity index (χ4n) is 2.28. The number of benzene rings is 2. The molecule has 0 saturated heterocycles. The first kappa shape index (κ1) is 13.3. The third kappa shape index (κ3) is 2.50. The van der Waals surface area contributed by atoms with Crippen molar-refractivity contribution in [2.45, 2.75) is 6.54 Å². The van der Waals surface area contributed by atoms with Gasteiger partial charge in [0.25, 0.3) is 5.91 Å². The molecule has 1 aromatic heterocycles. The third-order valence-electron chi connectivity index (χ3n) is 3.44. The van der Waals surface area contributed by atoms with Crippen LogP contribution in [0.15, 0.2) is 48.8 Å². The molecule has 0 bridgehead atoms. The van der Waals surface area contributed by atoms with Crippen LogP contribution in [0.3, 0.4) is 0 Å². The number of hydrogen-bond donors (Lipinski definition) is 1. The Hall–Kier alpha value is -2.69. The molecule has 4 nitrogen and oxygen atoms in total. The van der Waals surface area contributed by atoms with Crippen LogP contribution in [0.2, 0.25) is 0 Å². The van der Waals surface area contributed by atoms with Crippen LogP contribution in [0.5, 0.6) is 0 Å². The lowest BCUT2D eigenvalue weighted by molar-refractivity contribution is 0.0951. The predicted molar refractivity (Wildman–Crippen MR) is 78.3 cm³/mol. The average molecular weight is 283 g/mol. The van der Waals surface area contributed by atoms with Gasteiger partial charge in [0, 0.05) is 30.4 Å². The first-order valence-electron chi connectivity index (χ1n) is 6.58. The van der Waals surface area contributed by atoms with Gasteiger partial charge in [-0.3, -0.25) is 4.79 Å². The van der Waals surface area contributed by atoms with Gasteiger partial charge in [-0.05, 0) is 17.5 Å². The van der Waals surface area contributed by atoms with E-state index in [1.165, 1.54) is 12.1 Å². The van der Waals surface area contributed by atoms with Gasteiger partial charge in [-0.25, -0.2) is 9.37 Å². The van der Waals surface area contributed by atoms with E-state index in [1.807, 2.05) is 17.8 Å². The molecule has 5 heteroatoms. The van der Waals surface area contributed by atoms with Crippen molar-refractivity contribution in [1.82, 2.24) is 14.9 Å². The van der Waals surface area contributed by atoms with E-state index in [-0.39, 0.29) is 11.7 Å². The largest absolute Gasteiger partial charge is 0.345 e. The molecule has 0 atom stereocenters. The van der Waals surface area contributed by atoms with Gasteiger partial charge in [-0.2, -0.15) is 0 Å². The zero-order chi connectivity index (χ0) is 14.8. The molecule has 0 radical (unpaired) electrons. The number of carbonyl (C=O) groups is 1. The standard InChI is InChI=1S/C16H14FN3O/c1-20-9-8-18-15(20)10-19-16(21)13-6-7-14(17)12-5-3-2-4-11(12)13/h2-9H,10H2,1H3,(H,19,21). The second-order valence-corrected chi connectivity index (χ2v) is 4.78. The maximum Gasteiger partial charge on any atom is 0.252 e. The summed E-state index contributed by atoms with van der Waals surface area (Å²) in [4.78, 5) is 16.5. The van der Waals surface area contributed by atoms with E-state index < -0.39 is 0 Å². The highest BCUT2D eigenvalue weighted by Crippen LogP contribution is 2.21. The quantitative estimate of drug-likeness (QED) is 0.803. The number of amides is 1. The van der Waals surface area contributed by atoms with Crippen molar-refractivity contribution in [3.63, 3.8) is 0 Å². The van der Waals surface area contributed by atoms with Crippen LogP contribution < -0.4 is 5.32 Å². The summed E-state index contributed by atoms with van der Waals surface area (Å²) in [6.45, 7) is 0.327. The highest BCUT2D eigenvalue weighted by Gasteiger charge is 2.12. The van der Waals surface area contributed by atoms with E-state index in [0.29, 0.717) is 22.9 Å². The Labute approximate surface area is 121 Å². The molecule has 0 aliphatic heterocycles. The number of fused-ring (bicyclic) bond motifs is 1. The maximum atomic E-state index is 13.7. The Morgan fingerprint density at radius 2 is 2.00 bits per heavy atom. The van der Waals surface area contributed by atoms with Gasteiger partial charge < -0.3 is 9.88 Å². The van der Waals surface area contributed by atoms with Crippen LogP contribution in [0.4, 0.5) is 4.39 Å². The molecule has 0 fully saturated rings. The SMILES string of the molecule is Cn1ccnc1CNC(=O)c1ccc(F)c2ccccc12. The van der Waals surface area contributed by atoms with Crippen molar-refractivity contribution in [3.05, 3.63) is 66.0 Å². The Morgan fingerprint density at radius 1 is 1.24 bits per heavy atom. The summed E-state index contributed by atoms with van der Waals surface area (Å²) in [6.07, 6.45) is 3.49. The van der Waals surface area contributed by atoms with Gasteiger partial charge in [-0.1, -0.05) is 24.3 Å². The van der Waals surface area contributed by atoms with Crippen molar-refractivity contribution >= 4 is 16.7 Å². The Bertz CT molecular complexity index is 810. The Kier molecular flexibility index (Phi) is 3.39. The minimum Gasteiger partial charge on any atom is -0.345 e. The van der Waals surface area contributed by atoms with Crippen LogP contribution in [0.1, 0.15) is 16.2 Å². The number of carbonyl (C=O) groups excluding carboxylic acids is 1. The molecule has 2 aromatic carbocycles. The molecular weight excluding hydrogens is 269 g/mol. The molecule has 0 spiro atoms. The number of imidazole rings is 1. The lowest BCUT2D eigenvalue weighted by Crippen LogP contribution is -2.24. The van der Waals surface area contributed by atoms with Gasteiger partial charge in [-0.15, -0.1) is 0 Å². The van der Waals surface area contributed by atoms with Crippen LogP contribution >= 0.6 is 0 Å². The van der Waals surface area contributed by atoms with Gasteiger partial charge >= 0.3 is 0 Å². The number of hydrogen-bond acceptors (Lipinski definition) is 2. The molecule has 1 heterocycles. The number of aromatic nitrogens is 2. The minimum absolute atomic E-state index is 0.241. The van der Waals surface area contributed by atoms with E-state index in [9.17, 15) is 9.18 Å². The summed E-state index contributed by atoms with van der Waals surface area (Å²) in [5, 5.41) is 3.86. The Morgan fingerprint density at radius 3 is 2.71 bits per heavy atom. The molecule has 1 amide bonds. The first-order chi connectivity index (χ1) is 10.2. The van der Waals surface area contributed by atoms with Crippen molar-refractivity contribution in [3.8, 4) is 0 Å². The number of aryl methyl sites for hydroxylation is 1. The molecule has 21 heavy (non-hydrogen) atoms. The van der Waals surface area contributed by atoms with Crippen LogP contribution in [-0.2, 0) is 13.6 Å². The lowest BCUT2D eigenvalue weighted by atomic mass is 10.0. The molecule has 0 aliphatic carbocycles. The Balaban J connectivity index is 1.88. The highest BCUT2D eigenvalue weighted by molar-refractivity contribution is 6.07. The minimum atomic E-state index is -0.328. The van der Waals surface area contributed by atoms with Gasteiger partial charge in [0.05, 0.1) is 6.54 Å². The summed E-state index contributed by atoms with van der Waals surface area (Å²) < 4.78 is 15.6. The van der Waals surface area contributed by atoms with E-state index in [1.54, 1.807) is 30.5 Å². The zero-order valence-electron chi connectivity index (χ0n) is 11.5. The molecule has 3 rings (SSSR count). The number of nitrogens with zero attached hydrogens (tertiary/aromatic N) is 2. The third-order valence-corrected chi connectivity index (χ3v) is 3.44. The second-order valence-electron chi connectivity index (χ2n) is 4.78. The monoisotopic (exact) mass is 283 g/mol.